The maximum Gasteiger partial charge on any atom is 0.157 e. The smallest absolute Gasteiger partial charge is 0.157 e. The van der Waals surface area contributed by atoms with E-state index < -0.39 is 17.5 Å². The molecule has 0 amide bonds. The summed E-state index contributed by atoms with van der Waals surface area (Å²) in [6, 6.07) is 7.08. The van der Waals surface area contributed by atoms with E-state index in [0.29, 0.717) is 32.0 Å². The quantitative estimate of drug-likeness (QED) is 0.559. The average Bonchev–Trinajstić information content (AvgIpc) is 2.69. The van der Waals surface area contributed by atoms with Crippen LogP contribution in [0.5, 0.6) is 0 Å². The van der Waals surface area contributed by atoms with Gasteiger partial charge < -0.3 is 9.47 Å². The number of halogens is 3. The number of hydrogen-bond acceptors (Lipinski definition) is 2. The number of rotatable bonds is 7. The molecule has 0 atom stereocenters. The fraction of sp³-hybridized carbons (Fsp3) is 0.478. The Balaban J connectivity index is 1.58. The van der Waals surface area contributed by atoms with Crippen molar-refractivity contribution in [2.45, 2.75) is 52.2 Å². The van der Waals surface area contributed by atoms with E-state index in [1.54, 1.807) is 12.1 Å². The van der Waals surface area contributed by atoms with E-state index in [0.717, 1.165) is 24.1 Å². The fourth-order valence-corrected chi connectivity index (χ4v) is 3.44. The van der Waals surface area contributed by atoms with Crippen molar-refractivity contribution in [1.29, 1.82) is 0 Å². The highest BCUT2D eigenvalue weighted by molar-refractivity contribution is 5.65. The predicted molar refractivity (Wildman–Crippen MR) is 104 cm³/mol. The van der Waals surface area contributed by atoms with Gasteiger partial charge in [0.1, 0.15) is 17.5 Å². The van der Waals surface area contributed by atoms with Crippen LogP contribution >= 0.6 is 0 Å². The molecule has 1 aliphatic heterocycles. The van der Waals surface area contributed by atoms with E-state index in [1.807, 2.05) is 0 Å². The van der Waals surface area contributed by atoms with Gasteiger partial charge in [0.05, 0.1) is 13.2 Å². The van der Waals surface area contributed by atoms with Crippen molar-refractivity contribution in [3.05, 3.63) is 58.9 Å². The van der Waals surface area contributed by atoms with E-state index in [-0.39, 0.29) is 23.0 Å². The van der Waals surface area contributed by atoms with Gasteiger partial charge in [-0.15, -0.1) is 0 Å². The third kappa shape index (κ3) is 5.15. The molecule has 0 bridgehead atoms. The van der Waals surface area contributed by atoms with Crippen LogP contribution in [0.4, 0.5) is 13.2 Å². The van der Waals surface area contributed by atoms with Crippen LogP contribution in [-0.2, 0) is 15.9 Å². The van der Waals surface area contributed by atoms with Gasteiger partial charge in [0.15, 0.2) is 6.29 Å². The summed E-state index contributed by atoms with van der Waals surface area (Å²) in [7, 11) is 0. The molecule has 0 aliphatic carbocycles. The van der Waals surface area contributed by atoms with Gasteiger partial charge in [0, 0.05) is 23.5 Å². The van der Waals surface area contributed by atoms with E-state index in [4.69, 9.17) is 9.47 Å². The molecule has 3 rings (SSSR count). The standard InChI is InChI=1S/C23H27F3O2/c1-3-4-5-17-13-27-23(28-14-17)9-7-16-6-8-19(22(26)10-16)18-11-20(24)15(2)21(25)12-18/h6,8,10-12,17,23H,3-5,7,9,13-14H2,1-2H3. The van der Waals surface area contributed by atoms with Gasteiger partial charge in [0.2, 0.25) is 0 Å². The molecule has 0 unspecified atom stereocenters. The third-order valence-electron chi connectivity index (χ3n) is 5.30. The molecule has 152 valence electrons. The first kappa shape index (κ1) is 20.9. The Morgan fingerprint density at radius 3 is 2.21 bits per heavy atom. The highest BCUT2D eigenvalue weighted by Gasteiger charge is 2.21. The van der Waals surface area contributed by atoms with Gasteiger partial charge in [0.25, 0.3) is 0 Å². The molecule has 1 heterocycles. The predicted octanol–water partition coefficient (Wildman–Crippen LogP) is 6.19. The zero-order valence-corrected chi connectivity index (χ0v) is 16.4. The molecule has 1 aliphatic rings. The number of hydrogen-bond donors (Lipinski definition) is 0. The molecule has 0 N–H and O–H groups in total. The van der Waals surface area contributed by atoms with E-state index in [1.165, 1.54) is 25.8 Å². The highest BCUT2D eigenvalue weighted by Crippen LogP contribution is 2.28. The van der Waals surface area contributed by atoms with Crippen molar-refractivity contribution < 1.29 is 22.6 Å². The fourth-order valence-electron chi connectivity index (χ4n) is 3.44. The van der Waals surface area contributed by atoms with Crippen molar-refractivity contribution in [1.82, 2.24) is 0 Å². The molecule has 5 heteroatoms. The summed E-state index contributed by atoms with van der Waals surface area (Å²) < 4.78 is 53.6. The van der Waals surface area contributed by atoms with Crippen molar-refractivity contribution in [3.63, 3.8) is 0 Å². The number of benzene rings is 2. The first-order valence-corrected chi connectivity index (χ1v) is 9.95. The van der Waals surface area contributed by atoms with Crippen molar-refractivity contribution in [2.75, 3.05) is 13.2 Å². The summed E-state index contributed by atoms with van der Waals surface area (Å²) in [6.07, 6.45) is 4.47. The van der Waals surface area contributed by atoms with Gasteiger partial charge in [-0.25, -0.2) is 13.2 Å². The Hall–Kier alpha value is -1.85. The monoisotopic (exact) mass is 392 g/mol. The molecule has 0 saturated carbocycles. The maximum atomic E-state index is 14.5. The lowest BCUT2D eigenvalue weighted by Crippen LogP contribution is -2.32. The van der Waals surface area contributed by atoms with Gasteiger partial charge >= 0.3 is 0 Å². The molecule has 0 aromatic heterocycles. The first-order valence-electron chi connectivity index (χ1n) is 9.95. The van der Waals surface area contributed by atoms with Crippen LogP contribution in [0.1, 0.15) is 43.7 Å². The Labute approximate surface area is 164 Å². The number of ether oxygens (including phenoxy) is 2. The van der Waals surface area contributed by atoms with Crippen LogP contribution in [0.2, 0.25) is 0 Å². The zero-order chi connectivity index (χ0) is 20.1. The second-order valence-corrected chi connectivity index (χ2v) is 7.52. The van der Waals surface area contributed by atoms with Crippen LogP contribution in [0.3, 0.4) is 0 Å². The summed E-state index contributed by atoms with van der Waals surface area (Å²) in [5, 5.41) is 0. The summed E-state index contributed by atoms with van der Waals surface area (Å²) >= 11 is 0. The third-order valence-corrected chi connectivity index (χ3v) is 5.30. The molecule has 2 aromatic carbocycles. The lowest BCUT2D eigenvalue weighted by atomic mass is 9.99. The summed E-state index contributed by atoms with van der Waals surface area (Å²) in [4.78, 5) is 0. The molecule has 2 aromatic rings. The first-order chi connectivity index (χ1) is 13.5. The summed E-state index contributed by atoms with van der Waals surface area (Å²) in [6.45, 7) is 4.95. The van der Waals surface area contributed by atoms with Crippen molar-refractivity contribution in [2.24, 2.45) is 5.92 Å². The Kier molecular flexibility index (Phi) is 7.13. The van der Waals surface area contributed by atoms with Crippen molar-refractivity contribution >= 4 is 0 Å². The minimum atomic E-state index is -0.678. The van der Waals surface area contributed by atoms with Gasteiger partial charge in [-0.1, -0.05) is 31.9 Å². The Morgan fingerprint density at radius 1 is 0.929 bits per heavy atom. The summed E-state index contributed by atoms with van der Waals surface area (Å²) in [5.41, 5.74) is 1.12. The second-order valence-electron chi connectivity index (χ2n) is 7.52. The molecule has 1 fully saturated rings. The Bertz CT molecular complexity index is 775. The molecule has 1 saturated heterocycles. The van der Waals surface area contributed by atoms with Crippen LogP contribution in [0, 0.1) is 30.3 Å². The zero-order valence-electron chi connectivity index (χ0n) is 16.4. The van der Waals surface area contributed by atoms with Crippen molar-refractivity contribution in [3.8, 4) is 11.1 Å². The summed E-state index contributed by atoms with van der Waals surface area (Å²) in [5.74, 6) is -1.39. The van der Waals surface area contributed by atoms with Crippen LogP contribution in [0.15, 0.2) is 30.3 Å². The van der Waals surface area contributed by atoms with Gasteiger partial charge in [-0.3, -0.25) is 0 Å². The largest absolute Gasteiger partial charge is 0.352 e. The highest BCUT2D eigenvalue weighted by atomic mass is 19.1. The normalized spacial score (nSPS) is 19.8. The molecular weight excluding hydrogens is 365 g/mol. The van der Waals surface area contributed by atoms with Gasteiger partial charge in [-0.2, -0.15) is 0 Å². The maximum absolute atomic E-state index is 14.5. The topological polar surface area (TPSA) is 18.5 Å². The van der Waals surface area contributed by atoms with Gasteiger partial charge in [-0.05, 0) is 49.1 Å². The Morgan fingerprint density at radius 2 is 1.61 bits per heavy atom. The number of aryl methyl sites for hydroxylation is 1. The average molecular weight is 392 g/mol. The minimum absolute atomic E-state index is 0.0646. The molecule has 28 heavy (non-hydrogen) atoms. The molecule has 0 radical (unpaired) electrons. The minimum Gasteiger partial charge on any atom is -0.352 e. The van der Waals surface area contributed by atoms with E-state index >= 15 is 0 Å². The second kappa shape index (κ2) is 9.57. The van der Waals surface area contributed by atoms with E-state index in [2.05, 4.69) is 6.92 Å². The van der Waals surface area contributed by atoms with Crippen LogP contribution < -0.4 is 0 Å². The van der Waals surface area contributed by atoms with E-state index in [9.17, 15) is 13.2 Å². The molecular formula is C23H27F3O2. The van der Waals surface area contributed by atoms with Crippen LogP contribution in [0.25, 0.3) is 11.1 Å². The lowest BCUT2D eigenvalue weighted by Gasteiger charge is -2.29. The number of unbranched alkanes of at least 4 members (excludes halogenated alkanes) is 1. The SMILES string of the molecule is CCCCC1COC(CCc2ccc(-c3cc(F)c(C)c(F)c3)c(F)c2)OC1. The molecule has 0 spiro atoms. The molecule has 2 nitrogen and oxygen atoms in total. The van der Waals surface area contributed by atoms with Crippen LogP contribution in [-0.4, -0.2) is 19.5 Å². The lowest BCUT2D eigenvalue weighted by molar-refractivity contribution is -0.203.